The van der Waals surface area contributed by atoms with E-state index in [1.165, 1.54) is 12.8 Å². The summed E-state index contributed by atoms with van der Waals surface area (Å²) in [5.74, 6) is 0. The van der Waals surface area contributed by atoms with Crippen LogP contribution >= 0.6 is 0 Å². The Bertz CT molecular complexity index is 55.7. The van der Waals surface area contributed by atoms with Crippen LogP contribution in [-0.4, -0.2) is 26.2 Å². The molecule has 0 aliphatic heterocycles. The maximum absolute atomic E-state index is 3.29. The SMILES string of the molecule is CC[C@H](NC)[C@H](CC)NC. The van der Waals surface area contributed by atoms with Crippen molar-refractivity contribution in [3.05, 3.63) is 0 Å². The van der Waals surface area contributed by atoms with E-state index in [-0.39, 0.29) is 0 Å². The van der Waals surface area contributed by atoms with Crippen LogP contribution in [0.15, 0.2) is 0 Å². The Morgan fingerprint density at radius 3 is 1.30 bits per heavy atom. The number of hydrogen-bond acceptors (Lipinski definition) is 2. The summed E-state index contributed by atoms with van der Waals surface area (Å²) in [5, 5.41) is 6.58. The molecule has 62 valence electrons. The molecule has 0 radical (unpaired) electrons. The second-order valence-corrected chi connectivity index (χ2v) is 2.61. The third-order valence-corrected chi connectivity index (χ3v) is 2.11. The van der Waals surface area contributed by atoms with Crippen molar-refractivity contribution in [1.29, 1.82) is 0 Å². The topological polar surface area (TPSA) is 24.1 Å². The first kappa shape index (κ1) is 9.92. The third-order valence-electron chi connectivity index (χ3n) is 2.11. The molecule has 0 fully saturated rings. The fraction of sp³-hybridized carbons (Fsp3) is 1.00. The van der Waals surface area contributed by atoms with Crippen LogP contribution in [0.5, 0.6) is 0 Å². The minimum Gasteiger partial charge on any atom is -0.315 e. The van der Waals surface area contributed by atoms with Crippen molar-refractivity contribution in [2.24, 2.45) is 0 Å². The molecule has 0 aromatic heterocycles. The first-order valence-electron chi connectivity index (χ1n) is 4.14. The van der Waals surface area contributed by atoms with Gasteiger partial charge in [-0.3, -0.25) is 0 Å². The molecule has 0 aliphatic rings. The molecule has 0 spiro atoms. The second-order valence-electron chi connectivity index (χ2n) is 2.61. The first-order chi connectivity index (χ1) is 4.79. The molecule has 0 aromatic carbocycles. The summed E-state index contributed by atoms with van der Waals surface area (Å²) in [7, 11) is 4.04. The van der Waals surface area contributed by atoms with Gasteiger partial charge in [0.1, 0.15) is 0 Å². The van der Waals surface area contributed by atoms with E-state index in [0.717, 1.165) is 0 Å². The summed E-state index contributed by atoms with van der Waals surface area (Å²) < 4.78 is 0. The molecule has 2 N–H and O–H groups in total. The lowest BCUT2D eigenvalue weighted by Crippen LogP contribution is -2.44. The maximum Gasteiger partial charge on any atom is 0.0215 e. The fourth-order valence-corrected chi connectivity index (χ4v) is 1.38. The van der Waals surface area contributed by atoms with Gasteiger partial charge in [0.25, 0.3) is 0 Å². The number of likely N-dealkylation sites (N-methyl/N-ethyl adjacent to an activating group) is 2. The van der Waals surface area contributed by atoms with E-state index in [2.05, 4.69) is 24.5 Å². The molecular formula is C8H20N2. The smallest absolute Gasteiger partial charge is 0.0215 e. The molecule has 2 atom stereocenters. The van der Waals surface area contributed by atoms with Crippen molar-refractivity contribution in [2.45, 2.75) is 38.8 Å². The minimum absolute atomic E-state index is 0.620. The average molecular weight is 144 g/mol. The highest BCUT2D eigenvalue weighted by atomic mass is 15.0. The highest BCUT2D eigenvalue weighted by Gasteiger charge is 2.12. The summed E-state index contributed by atoms with van der Waals surface area (Å²) in [4.78, 5) is 0. The van der Waals surface area contributed by atoms with Crippen molar-refractivity contribution < 1.29 is 0 Å². The largest absolute Gasteiger partial charge is 0.315 e. The lowest BCUT2D eigenvalue weighted by Gasteiger charge is -2.23. The predicted octanol–water partition coefficient (Wildman–Crippen LogP) is 0.982. The van der Waals surface area contributed by atoms with E-state index < -0.39 is 0 Å². The van der Waals surface area contributed by atoms with Gasteiger partial charge in [0.2, 0.25) is 0 Å². The number of hydrogen-bond donors (Lipinski definition) is 2. The Morgan fingerprint density at radius 1 is 0.900 bits per heavy atom. The molecule has 0 heterocycles. The molecule has 0 unspecified atom stereocenters. The van der Waals surface area contributed by atoms with Gasteiger partial charge in [-0.25, -0.2) is 0 Å². The van der Waals surface area contributed by atoms with Gasteiger partial charge in [-0.15, -0.1) is 0 Å². The van der Waals surface area contributed by atoms with Crippen molar-refractivity contribution in [3.8, 4) is 0 Å². The van der Waals surface area contributed by atoms with Gasteiger partial charge in [0.05, 0.1) is 0 Å². The Kier molecular flexibility index (Phi) is 5.64. The van der Waals surface area contributed by atoms with E-state index in [4.69, 9.17) is 0 Å². The van der Waals surface area contributed by atoms with Crippen LogP contribution in [0.4, 0.5) is 0 Å². The van der Waals surface area contributed by atoms with Crippen molar-refractivity contribution >= 4 is 0 Å². The summed E-state index contributed by atoms with van der Waals surface area (Å²) >= 11 is 0. The Morgan fingerprint density at radius 2 is 1.20 bits per heavy atom. The molecule has 0 rings (SSSR count). The van der Waals surface area contributed by atoms with E-state index in [9.17, 15) is 0 Å². The lowest BCUT2D eigenvalue weighted by atomic mass is 10.0. The van der Waals surface area contributed by atoms with E-state index in [1.54, 1.807) is 0 Å². The van der Waals surface area contributed by atoms with Crippen LogP contribution in [-0.2, 0) is 0 Å². The van der Waals surface area contributed by atoms with Gasteiger partial charge in [-0.2, -0.15) is 0 Å². The van der Waals surface area contributed by atoms with Gasteiger partial charge >= 0.3 is 0 Å². The average Bonchev–Trinajstić information content (AvgIpc) is 2.00. The molecule has 2 nitrogen and oxygen atoms in total. The summed E-state index contributed by atoms with van der Waals surface area (Å²) in [6, 6.07) is 1.24. The third kappa shape index (κ3) is 2.67. The Balaban J connectivity index is 3.70. The van der Waals surface area contributed by atoms with Crippen LogP contribution in [0.25, 0.3) is 0 Å². The zero-order valence-corrected chi connectivity index (χ0v) is 7.57. The minimum atomic E-state index is 0.620. The van der Waals surface area contributed by atoms with Crippen LogP contribution in [0.1, 0.15) is 26.7 Å². The van der Waals surface area contributed by atoms with E-state index in [1.807, 2.05) is 14.1 Å². The molecule has 0 saturated heterocycles. The quantitative estimate of drug-likeness (QED) is 0.601. The zero-order chi connectivity index (χ0) is 7.98. The molecule has 0 bridgehead atoms. The monoisotopic (exact) mass is 144 g/mol. The van der Waals surface area contributed by atoms with Gasteiger partial charge in [0, 0.05) is 12.1 Å². The molecule has 10 heavy (non-hydrogen) atoms. The van der Waals surface area contributed by atoms with Gasteiger partial charge in [-0.1, -0.05) is 13.8 Å². The molecule has 0 aromatic rings. The Labute approximate surface area is 64.4 Å². The van der Waals surface area contributed by atoms with Crippen LogP contribution in [0.3, 0.4) is 0 Å². The molecular weight excluding hydrogens is 124 g/mol. The maximum atomic E-state index is 3.29. The number of nitrogens with one attached hydrogen (secondary N) is 2. The zero-order valence-electron chi connectivity index (χ0n) is 7.57. The fourth-order valence-electron chi connectivity index (χ4n) is 1.38. The van der Waals surface area contributed by atoms with Crippen molar-refractivity contribution in [1.82, 2.24) is 10.6 Å². The molecule has 0 amide bonds. The van der Waals surface area contributed by atoms with Crippen LogP contribution in [0, 0.1) is 0 Å². The van der Waals surface area contributed by atoms with Crippen LogP contribution in [0.2, 0.25) is 0 Å². The van der Waals surface area contributed by atoms with Gasteiger partial charge in [0.15, 0.2) is 0 Å². The van der Waals surface area contributed by atoms with Crippen LogP contribution < -0.4 is 10.6 Å². The predicted molar refractivity (Wildman–Crippen MR) is 46.3 cm³/mol. The highest BCUT2D eigenvalue weighted by Crippen LogP contribution is 2.00. The molecule has 0 saturated carbocycles. The number of rotatable bonds is 5. The van der Waals surface area contributed by atoms with Crippen molar-refractivity contribution in [3.63, 3.8) is 0 Å². The second kappa shape index (κ2) is 5.69. The standard InChI is InChI=1S/C8H20N2/c1-5-7(9-3)8(6-2)10-4/h7-10H,5-6H2,1-4H3/t7-,8-/m0/s1. The Hall–Kier alpha value is -0.0800. The van der Waals surface area contributed by atoms with Gasteiger partial charge in [-0.05, 0) is 26.9 Å². The first-order valence-corrected chi connectivity index (χ1v) is 4.14. The molecule has 2 heteroatoms. The summed E-state index contributed by atoms with van der Waals surface area (Å²) in [6.07, 6.45) is 2.38. The van der Waals surface area contributed by atoms with E-state index >= 15 is 0 Å². The normalized spacial score (nSPS) is 16.8. The van der Waals surface area contributed by atoms with E-state index in [0.29, 0.717) is 12.1 Å². The van der Waals surface area contributed by atoms with Gasteiger partial charge < -0.3 is 10.6 Å². The highest BCUT2D eigenvalue weighted by molar-refractivity contribution is 4.77. The van der Waals surface area contributed by atoms with Crippen molar-refractivity contribution in [2.75, 3.05) is 14.1 Å². The molecule has 0 aliphatic carbocycles. The summed E-state index contributed by atoms with van der Waals surface area (Å²) in [6.45, 7) is 4.42. The summed E-state index contributed by atoms with van der Waals surface area (Å²) in [5.41, 5.74) is 0. The lowest BCUT2D eigenvalue weighted by molar-refractivity contribution is 0.389.